The van der Waals surface area contributed by atoms with Gasteiger partial charge in [-0.2, -0.15) is 0 Å². The molecule has 0 radical (unpaired) electrons. The Morgan fingerprint density at radius 3 is 2.32 bits per heavy atom. The van der Waals surface area contributed by atoms with Crippen LogP contribution in [0.25, 0.3) is 0 Å². The van der Waals surface area contributed by atoms with E-state index in [1.165, 1.54) is 26.5 Å². The minimum atomic E-state index is 0.0850. The van der Waals surface area contributed by atoms with E-state index in [4.69, 9.17) is 0 Å². The van der Waals surface area contributed by atoms with Crippen molar-refractivity contribution in [3.8, 4) is 0 Å². The lowest BCUT2D eigenvalue weighted by Gasteiger charge is -2.19. The SMILES string of the molecule is CC[C@H](NC(=O)C[NH+](C)Cc1ccc(SC)cc1)c1ccc(C)cc1. The number of hydrogen-bond donors (Lipinski definition) is 2. The zero-order valence-corrected chi connectivity index (χ0v) is 16.5. The molecule has 2 aromatic rings. The van der Waals surface area contributed by atoms with Crippen molar-refractivity contribution in [3.05, 3.63) is 65.2 Å². The smallest absolute Gasteiger partial charge is 0.275 e. The fourth-order valence-corrected chi connectivity index (χ4v) is 3.30. The summed E-state index contributed by atoms with van der Waals surface area (Å²) < 4.78 is 0. The fourth-order valence-electron chi connectivity index (χ4n) is 2.89. The molecule has 0 heterocycles. The van der Waals surface area contributed by atoms with Crippen molar-refractivity contribution in [1.82, 2.24) is 5.32 Å². The van der Waals surface area contributed by atoms with Crippen LogP contribution in [0.5, 0.6) is 0 Å². The first-order valence-corrected chi connectivity index (χ1v) is 10.0. The Morgan fingerprint density at radius 2 is 1.76 bits per heavy atom. The normalized spacial score (nSPS) is 13.3. The Kier molecular flexibility index (Phi) is 7.53. The van der Waals surface area contributed by atoms with Gasteiger partial charge in [0.25, 0.3) is 5.91 Å². The Bertz CT molecular complexity index is 667. The van der Waals surface area contributed by atoms with Gasteiger partial charge in [0.15, 0.2) is 6.54 Å². The van der Waals surface area contributed by atoms with Gasteiger partial charge in [-0.05, 0) is 37.3 Å². The van der Waals surface area contributed by atoms with Gasteiger partial charge in [0.05, 0.1) is 13.1 Å². The number of nitrogens with one attached hydrogen (secondary N) is 2. The minimum Gasteiger partial charge on any atom is -0.344 e. The molecule has 0 fully saturated rings. The molecule has 2 N–H and O–H groups in total. The van der Waals surface area contributed by atoms with Gasteiger partial charge in [-0.15, -0.1) is 11.8 Å². The maximum atomic E-state index is 12.4. The number of carbonyl (C=O) groups excluding carboxylic acids is 1. The summed E-state index contributed by atoms with van der Waals surface area (Å²) in [6.07, 6.45) is 2.97. The van der Waals surface area contributed by atoms with E-state index in [2.05, 4.69) is 81.0 Å². The molecule has 134 valence electrons. The van der Waals surface area contributed by atoms with Crippen LogP contribution in [0, 0.1) is 6.92 Å². The van der Waals surface area contributed by atoms with Gasteiger partial charge in [-0.3, -0.25) is 4.79 Å². The monoisotopic (exact) mass is 357 g/mol. The van der Waals surface area contributed by atoms with Crippen molar-refractivity contribution in [2.24, 2.45) is 0 Å². The average molecular weight is 358 g/mol. The Morgan fingerprint density at radius 1 is 1.12 bits per heavy atom. The van der Waals surface area contributed by atoms with Gasteiger partial charge in [0.1, 0.15) is 6.54 Å². The van der Waals surface area contributed by atoms with Crippen LogP contribution in [0.15, 0.2) is 53.4 Å². The van der Waals surface area contributed by atoms with Crippen molar-refractivity contribution in [1.29, 1.82) is 0 Å². The zero-order chi connectivity index (χ0) is 18.2. The topological polar surface area (TPSA) is 33.5 Å². The van der Waals surface area contributed by atoms with Gasteiger partial charge in [-0.1, -0.05) is 48.9 Å². The van der Waals surface area contributed by atoms with E-state index in [1.807, 2.05) is 0 Å². The van der Waals surface area contributed by atoms with Gasteiger partial charge in [0.2, 0.25) is 0 Å². The van der Waals surface area contributed by atoms with Crippen LogP contribution in [-0.4, -0.2) is 25.8 Å². The highest BCUT2D eigenvalue weighted by Gasteiger charge is 2.16. The van der Waals surface area contributed by atoms with Gasteiger partial charge >= 0.3 is 0 Å². The molecule has 4 heteroatoms. The summed E-state index contributed by atoms with van der Waals surface area (Å²) in [4.78, 5) is 14.9. The quantitative estimate of drug-likeness (QED) is 0.712. The predicted molar refractivity (Wildman–Crippen MR) is 106 cm³/mol. The molecule has 0 spiro atoms. The highest BCUT2D eigenvalue weighted by Crippen LogP contribution is 2.17. The molecule has 0 aliphatic heterocycles. The highest BCUT2D eigenvalue weighted by atomic mass is 32.2. The van der Waals surface area contributed by atoms with Crippen molar-refractivity contribution in [2.45, 2.75) is 37.8 Å². The second-order valence-corrected chi connectivity index (χ2v) is 7.48. The lowest BCUT2D eigenvalue weighted by Crippen LogP contribution is -3.08. The van der Waals surface area contributed by atoms with Gasteiger partial charge in [0, 0.05) is 10.5 Å². The molecule has 0 bridgehead atoms. The van der Waals surface area contributed by atoms with Crippen LogP contribution in [-0.2, 0) is 11.3 Å². The molecule has 0 aliphatic carbocycles. The standard InChI is InChI=1S/C21H28N2OS/c1-5-20(18-10-6-16(2)7-11-18)22-21(24)15-23(3)14-17-8-12-19(25-4)13-9-17/h6-13,20H,5,14-15H2,1-4H3,(H,22,24)/p+1/t20-/m0/s1. The first-order chi connectivity index (χ1) is 12.0. The van der Waals surface area contributed by atoms with Crippen molar-refractivity contribution >= 4 is 17.7 Å². The first-order valence-electron chi connectivity index (χ1n) is 8.82. The van der Waals surface area contributed by atoms with Crippen LogP contribution >= 0.6 is 11.8 Å². The van der Waals surface area contributed by atoms with Gasteiger partial charge in [-0.25, -0.2) is 0 Å². The third kappa shape index (κ3) is 6.22. The molecule has 1 amide bonds. The maximum absolute atomic E-state index is 12.4. The van der Waals surface area contributed by atoms with E-state index >= 15 is 0 Å². The van der Waals surface area contributed by atoms with Crippen LogP contribution in [0.1, 0.15) is 36.1 Å². The maximum Gasteiger partial charge on any atom is 0.275 e. The third-order valence-corrected chi connectivity index (χ3v) is 5.09. The molecule has 25 heavy (non-hydrogen) atoms. The number of likely N-dealkylation sites (N-methyl/N-ethyl adjacent to an activating group) is 1. The first kappa shape index (κ1) is 19.5. The summed E-state index contributed by atoms with van der Waals surface area (Å²) in [5.41, 5.74) is 3.67. The second-order valence-electron chi connectivity index (χ2n) is 6.60. The van der Waals surface area contributed by atoms with E-state index in [-0.39, 0.29) is 11.9 Å². The number of benzene rings is 2. The molecule has 0 saturated heterocycles. The summed E-state index contributed by atoms with van der Waals surface area (Å²) >= 11 is 1.74. The molecule has 2 atom stereocenters. The number of thioether (sulfide) groups is 1. The molecule has 0 aliphatic rings. The summed E-state index contributed by atoms with van der Waals surface area (Å²) in [5.74, 6) is 0.102. The second kappa shape index (κ2) is 9.64. The molecule has 2 rings (SSSR count). The minimum absolute atomic E-state index is 0.0850. The molecule has 1 unspecified atom stereocenters. The number of hydrogen-bond acceptors (Lipinski definition) is 2. The lowest BCUT2D eigenvalue weighted by molar-refractivity contribution is -0.885. The summed E-state index contributed by atoms with van der Waals surface area (Å²) in [6, 6.07) is 17.1. The largest absolute Gasteiger partial charge is 0.344 e. The molecule has 3 nitrogen and oxygen atoms in total. The number of amides is 1. The van der Waals surface area contributed by atoms with Crippen LogP contribution in [0.2, 0.25) is 0 Å². The fraction of sp³-hybridized carbons (Fsp3) is 0.381. The summed E-state index contributed by atoms with van der Waals surface area (Å²) in [6.45, 7) is 5.51. The summed E-state index contributed by atoms with van der Waals surface area (Å²) in [7, 11) is 2.06. The van der Waals surface area contributed by atoms with Crippen LogP contribution < -0.4 is 10.2 Å². The van der Waals surface area contributed by atoms with E-state index < -0.39 is 0 Å². The number of aryl methyl sites for hydroxylation is 1. The van der Waals surface area contributed by atoms with E-state index in [0.717, 1.165) is 13.0 Å². The van der Waals surface area contributed by atoms with Gasteiger partial charge < -0.3 is 10.2 Å². The lowest BCUT2D eigenvalue weighted by atomic mass is 10.0. The molecule has 0 saturated carbocycles. The Labute approximate surface area is 155 Å². The van der Waals surface area contributed by atoms with Crippen LogP contribution in [0.3, 0.4) is 0 Å². The van der Waals surface area contributed by atoms with Crippen molar-refractivity contribution in [2.75, 3.05) is 19.8 Å². The Balaban J connectivity index is 1.87. The predicted octanol–water partition coefficient (Wildman–Crippen LogP) is 3.00. The number of quaternary nitrogens is 1. The van der Waals surface area contributed by atoms with Crippen molar-refractivity contribution in [3.63, 3.8) is 0 Å². The van der Waals surface area contributed by atoms with E-state index in [9.17, 15) is 4.79 Å². The van der Waals surface area contributed by atoms with Crippen LogP contribution in [0.4, 0.5) is 0 Å². The molecule has 0 aromatic heterocycles. The number of rotatable bonds is 8. The van der Waals surface area contributed by atoms with E-state index in [0.29, 0.717) is 6.54 Å². The highest BCUT2D eigenvalue weighted by molar-refractivity contribution is 7.98. The van der Waals surface area contributed by atoms with Crippen molar-refractivity contribution < 1.29 is 9.69 Å². The number of carbonyl (C=O) groups is 1. The molecule has 2 aromatic carbocycles. The molecular formula is C21H29N2OS+. The zero-order valence-electron chi connectivity index (χ0n) is 15.6. The average Bonchev–Trinajstić information content (AvgIpc) is 2.61. The summed E-state index contributed by atoms with van der Waals surface area (Å²) in [5, 5.41) is 3.17. The van der Waals surface area contributed by atoms with E-state index in [1.54, 1.807) is 11.8 Å². The molecular weight excluding hydrogens is 328 g/mol. The third-order valence-electron chi connectivity index (χ3n) is 4.35. The Hall–Kier alpha value is -1.78.